The van der Waals surface area contributed by atoms with Crippen LogP contribution in [0.5, 0.6) is 0 Å². The van der Waals surface area contributed by atoms with E-state index in [-0.39, 0.29) is 11.7 Å². The van der Waals surface area contributed by atoms with E-state index < -0.39 is 0 Å². The largest absolute Gasteiger partial charge is 0.356 e. The van der Waals surface area contributed by atoms with E-state index in [0.717, 1.165) is 24.9 Å². The van der Waals surface area contributed by atoms with E-state index in [1.165, 1.54) is 12.1 Å². The number of carbonyl (C=O) groups is 1. The first-order valence-electron chi connectivity index (χ1n) is 6.82. The van der Waals surface area contributed by atoms with E-state index in [2.05, 4.69) is 24.5 Å². The van der Waals surface area contributed by atoms with Gasteiger partial charge in [0.1, 0.15) is 5.82 Å². The molecule has 1 rings (SSSR count). The van der Waals surface area contributed by atoms with Crippen LogP contribution in [0.15, 0.2) is 24.3 Å². The van der Waals surface area contributed by atoms with Gasteiger partial charge in [-0.2, -0.15) is 0 Å². The fraction of sp³-hybridized carbons (Fsp3) is 0.533. The lowest BCUT2D eigenvalue weighted by Gasteiger charge is -2.08. The second-order valence-electron chi connectivity index (χ2n) is 4.94. The third-order valence-electron chi connectivity index (χ3n) is 2.78. The molecule has 0 aliphatic heterocycles. The molecule has 0 aromatic heterocycles. The predicted octanol–water partition coefficient (Wildman–Crippen LogP) is 2.26. The van der Waals surface area contributed by atoms with Crippen LogP contribution in [0.3, 0.4) is 0 Å². The zero-order valence-electron chi connectivity index (χ0n) is 11.7. The zero-order valence-corrected chi connectivity index (χ0v) is 11.7. The van der Waals surface area contributed by atoms with Crippen LogP contribution in [0.1, 0.15) is 32.3 Å². The molecule has 0 spiro atoms. The molecule has 1 aromatic rings. The first kappa shape index (κ1) is 15.6. The maximum absolute atomic E-state index is 12.7. The average Bonchev–Trinajstić information content (AvgIpc) is 2.37. The standard InChI is InChI=1S/C15H23FN2O/c1-12(2)17-10-3-4-15(19)18-11-9-13-5-7-14(16)8-6-13/h5-8,12,17H,3-4,9-11H2,1-2H3,(H,18,19). The summed E-state index contributed by atoms with van der Waals surface area (Å²) in [6.45, 7) is 5.64. The highest BCUT2D eigenvalue weighted by atomic mass is 19.1. The summed E-state index contributed by atoms with van der Waals surface area (Å²) in [6.07, 6.45) is 2.12. The summed E-state index contributed by atoms with van der Waals surface area (Å²) in [4.78, 5) is 11.5. The lowest BCUT2D eigenvalue weighted by atomic mass is 10.1. The SMILES string of the molecule is CC(C)NCCCC(=O)NCCc1ccc(F)cc1. The average molecular weight is 266 g/mol. The van der Waals surface area contributed by atoms with Crippen LogP contribution >= 0.6 is 0 Å². The minimum Gasteiger partial charge on any atom is -0.356 e. The highest BCUT2D eigenvalue weighted by Crippen LogP contribution is 2.02. The number of halogens is 1. The highest BCUT2D eigenvalue weighted by molar-refractivity contribution is 5.75. The molecule has 19 heavy (non-hydrogen) atoms. The normalized spacial score (nSPS) is 10.7. The van der Waals surface area contributed by atoms with Crippen LogP contribution in [-0.4, -0.2) is 25.0 Å². The first-order valence-corrected chi connectivity index (χ1v) is 6.82. The summed E-state index contributed by atoms with van der Waals surface area (Å²) in [5.41, 5.74) is 1.03. The molecular formula is C15H23FN2O. The monoisotopic (exact) mass is 266 g/mol. The Morgan fingerprint density at radius 2 is 1.89 bits per heavy atom. The number of benzene rings is 1. The van der Waals surface area contributed by atoms with Crippen molar-refractivity contribution in [1.82, 2.24) is 10.6 Å². The first-order chi connectivity index (χ1) is 9.08. The number of rotatable bonds is 8. The van der Waals surface area contributed by atoms with Gasteiger partial charge in [-0.25, -0.2) is 4.39 Å². The van der Waals surface area contributed by atoms with E-state index in [1.54, 1.807) is 12.1 Å². The van der Waals surface area contributed by atoms with Gasteiger partial charge in [0.15, 0.2) is 0 Å². The summed E-state index contributed by atoms with van der Waals surface area (Å²) >= 11 is 0. The van der Waals surface area contributed by atoms with Crippen molar-refractivity contribution in [2.45, 2.75) is 39.2 Å². The molecule has 2 N–H and O–H groups in total. The zero-order chi connectivity index (χ0) is 14.1. The molecule has 0 aliphatic carbocycles. The van der Waals surface area contributed by atoms with Crippen molar-refractivity contribution >= 4 is 5.91 Å². The second-order valence-corrected chi connectivity index (χ2v) is 4.94. The summed E-state index contributed by atoms with van der Waals surface area (Å²) < 4.78 is 12.7. The van der Waals surface area contributed by atoms with Gasteiger partial charge in [0.2, 0.25) is 5.91 Å². The van der Waals surface area contributed by atoms with Gasteiger partial charge in [-0.05, 0) is 37.1 Å². The van der Waals surface area contributed by atoms with E-state index in [4.69, 9.17) is 0 Å². The van der Waals surface area contributed by atoms with Gasteiger partial charge in [-0.3, -0.25) is 4.79 Å². The van der Waals surface area contributed by atoms with Gasteiger partial charge < -0.3 is 10.6 Å². The molecule has 0 aliphatic rings. The lowest BCUT2D eigenvalue weighted by molar-refractivity contribution is -0.121. The maximum atomic E-state index is 12.7. The molecule has 3 nitrogen and oxygen atoms in total. The molecule has 0 saturated carbocycles. The Hall–Kier alpha value is -1.42. The van der Waals surface area contributed by atoms with E-state index >= 15 is 0 Å². The summed E-state index contributed by atoms with van der Waals surface area (Å²) in [5, 5.41) is 6.15. The number of amides is 1. The summed E-state index contributed by atoms with van der Waals surface area (Å²) in [7, 11) is 0. The third kappa shape index (κ3) is 7.57. The van der Waals surface area contributed by atoms with E-state index in [9.17, 15) is 9.18 Å². The molecule has 0 unspecified atom stereocenters. The van der Waals surface area contributed by atoms with Gasteiger partial charge >= 0.3 is 0 Å². The van der Waals surface area contributed by atoms with Gasteiger partial charge in [0.05, 0.1) is 0 Å². The van der Waals surface area contributed by atoms with Crippen LogP contribution in [0.2, 0.25) is 0 Å². The van der Waals surface area contributed by atoms with Crippen molar-refractivity contribution < 1.29 is 9.18 Å². The molecule has 4 heteroatoms. The predicted molar refractivity (Wildman–Crippen MR) is 75.5 cm³/mol. The number of hydrogen-bond donors (Lipinski definition) is 2. The van der Waals surface area contributed by atoms with Crippen molar-refractivity contribution in [1.29, 1.82) is 0 Å². The van der Waals surface area contributed by atoms with Crippen LogP contribution < -0.4 is 10.6 Å². The Bertz CT molecular complexity index is 376. The minimum absolute atomic E-state index is 0.0765. The number of nitrogens with one attached hydrogen (secondary N) is 2. The molecular weight excluding hydrogens is 243 g/mol. The Morgan fingerprint density at radius 3 is 2.53 bits per heavy atom. The Balaban J connectivity index is 2.08. The van der Waals surface area contributed by atoms with Crippen molar-refractivity contribution in [2.24, 2.45) is 0 Å². The fourth-order valence-electron chi connectivity index (χ4n) is 1.73. The summed E-state index contributed by atoms with van der Waals surface area (Å²) in [5.74, 6) is -0.155. The molecule has 0 atom stereocenters. The van der Waals surface area contributed by atoms with Gasteiger partial charge in [0.25, 0.3) is 0 Å². The number of hydrogen-bond acceptors (Lipinski definition) is 2. The molecule has 0 fully saturated rings. The van der Waals surface area contributed by atoms with Crippen LogP contribution in [0.4, 0.5) is 4.39 Å². The van der Waals surface area contributed by atoms with Gasteiger partial charge in [0, 0.05) is 19.0 Å². The third-order valence-corrected chi connectivity index (χ3v) is 2.78. The number of carbonyl (C=O) groups excluding carboxylic acids is 1. The molecule has 0 heterocycles. The Kier molecular flexibility index (Phi) is 7.11. The van der Waals surface area contributed by atoms with Crippen LogP contribution in [-0.2, 0) is 11.2 Å². The minimum atomic E-state index is -0.231. The van der Waals surface area contributed by atoms with Crippen LogP contribution in [0, 0.1) is 5.82 Å². The second kappa shape index (κ2) is 8.64. The smallest absolute Gasteiger partial charge is 0.220 e. The quantitative estimate of drug-likeness (QED) is 0.709. The van der Waals surface area contributed by atoms with Crippen molar-refractivity contribution in [3.8, 4) is 0 Å². The highest BCUT2D eigenvalue weighted by Gasteiger charge is 2.01. The molecule has 0 saturated heterocycles. The summed E-state index contributed by atoms with van der Waals surface area (Å²) in [6, 6.07) is 6.83. The van der Waals surface area contributed by atoms with Gasteiger partial charge in [-0.1, -0.05) is 26.0 Å². The molecule has 1 aromatic carbocycles. The Morgan fingerprint density at radius 1 is 1.21 bits per heavy atom. The topological polar surface area (TPSA) is 41.1 Å². The molecule has 106 valence electrons. The molecule has 0 bridgehead atoms. The fourth-order valence-corrected chi connectivity index (χ4v) is 1.73. The van der Waals surface area contributed by atoms with Gasteiger partial charge in [-0.15, -0.1) is 0 Å². The maximum Gasteiger partial charge on any atom is 0.220 e. The van der Waals surface area contributed by atoms with E-state index in [1.807, 2.05) is 0 Å². The molecule has 1 amide bonds. The van der Waals surface area contributed by atoms with E-state index in [0.29, 0.717) is 19.0 Å². The van der Waals surface area contributed by atoms with Crippen molar-refractivity contribution in [3.63, 3.8) is 0 Å². The lowest BCUT2D eigenvalue weighted by Crippen LogP contribution is -2.28. The molecule has 0 radical (unpaired) electrons. The Labute approximate surface area is 114 Å². The van der Waals surface area contributed by atoms with Crippen molar-refractivity contribution in [3.05, 3.63) is 35.6 Å². The van der Waals surface area contributed by atoms with Crippen LogP contribution in [0.25, 0.3) is 0 Å². The van der Waals surface area contributed by atoms with Crippen molar-refractivity contribution in [2.75, 3.05) is 13.1 Å².